The van der Waals surface area contributed by atoms with E-state index in [4.69, 9.17) is 0 Å². The van der Waals surface area contributed by atoms with E-state index < -0.39 is 11.6 Å². The molecule has 6 nitrogen and oxygen atoms in total. The molecule has 0 radical (unpaired) electrons. The number of anilines is 1. The number of fused-ring (bicyclic) bond motifs is 1. The Balaban J connectivity index is 0.00000261. The van der Waals surface area contributed by atoms with Gasteiger partial charge >= 0.3 is 0 Å². The molecule has 0 aliphatic heterocycles. The zero-order valence-electron chi connectivity index (χ0n) is 15.4. The van der Waals surface area contributed by atoms with Crippen LogP contribution in [0.5, 0.6) is 0 Å². The fourth-order valence-corrected chi connectivity index (χ4v) is 3.48. The molecule has 0 aliphatic rings. The van der Waals surface area contributed by atoms with Crippen LogP contribution in [0.1, 0.15) is 16.2 Å². The number of nitrogens with zero attached hydrogens (tertiary/aromatic N) is 5. The molecule has 27 heavy (non-hydrogen) atoms. The second-order valence-corrected chi connectivity index (χ2v) is 7.29. The number of likely N-dealkylation sites (N-methyl/N-ethyl adjacent to an activating group) is 1. The Labute approximate surface area is 165 Å². The van der Waals surface area contributed by atoms with Crippen LogP contribution in [0.25, 0.3) is 10.2 Å². The molecule has 10 heteroatoms. The molecular formula is C17H20ClF2N5OS. The van der Waals surface area contributed by atoms with Crippen LogP contribution < -0.4 is 4.90 Å². The molecule has 146 valence electrons. The van der Waals surface area contributed by atoms with Gasteiger partial charge in [-0.05, 0) is 33.2 Å². The Morgan fingerprint density at radius 1 is 1.22 bits per heavy atom. The number of hydrogen-bond donors (Lipinski definition) is 0. The molecular weight excluding hydrogens is 396 g/mol. The molecule has 0 N–H and O–H groups in total. The van der Waals surface area contributed by atoms with Crippen LogP contribution in [0.3, 0.4) is 0 Å². The number of halogens is 3. The Bertz CT molecular complexity index is 952. The van der Waals surface area contributed by atoms with Gasteiger partial charge in [0.05, 0.1) is 4.70 Å². The highest BCUT2D eigenvalue weighted by atomic mass is 35.5. The van der Waals surface area contributed by atoms with E-state index in [1.165, 1.54) is 11.0 Å². The van der Waals surface area contributed by atoms with Gasteiger partial charge in [0.1, 0.15) is 11.3 Å². The van der Waals surface area contributed by atoms with E-state index in [-0.39, 0.29) is 29.5 Å². The number of rotatable bonds is 5. The van der Waals surface area contributed by atoms with E-state index in [0.29, 0.717) is 22.9 Å². The molecule has 1 aromatic carbocycles. The van der Waals surface area contributed by atoms with Gasteiger partial charge in [-0.1, -0.05) is 11.3 Å². The predicted molar refractivity (Wildman–Crippen MR) is 105 cm³/mol. The predicted octanol–water partition coefficient (Wildman–Crippen LogP) is 3.25. The molecule has 0 atom stereocenters. The van der Waals surface area contributed by atoms with Crippen molar-refractivity contribution in [2.24, 2.45) is 7.05 Å². The van der Waals surface area contributed by atoms with Gasteiger partial charge in [-0.2, -0.15) is 5.10 Å². The van der Waals surface area contributed by atoms with E-state index in [9.17, 15) is 13.6 Å². The first kappa shape index (κ1) is 21.2. The highest BCUT2D eigenvalue weighted by Gasteiger charge is 2.24. The van der Waals surface area contributed by atoms with Crippen LogP contribution in [0.2, 0.25) is 0 Å². The highest BCUT2D eigenvalue weighted by Crippen LogP contribution is 2.31. The van der Waals surface area contributed by atoms with Gasteiger partial charge in [-0.25, -0.2) is 13.8 Å². The maximum atomic E-state index is 14.0. The summed E-state index contributed by atoms with van der Waals surface area (Å²) >= 11 is 1.08. The van der Waals surface area contributed by atoms with Gasteiger partial charge < -0.3 is 4.90 Å². The van der Waals surface area contributed by atoms with Crippen LogP contribution in [0.15, 0.2) is 18.2 Å². The van der Waals surface area contributed by atoms with Crippen LogP contribution in [-0.2, 0) is 7.05 Å². The Kier molecular flexibility index (Phi) is 6.50. The summed E-state index contributed by atoms with van der Waals surface area (Å²) in [7, 11) is 5.54. The lowest BCUT2D eigenvalue weighted by Gasteiger charge is -2.21. The molecule has 0 bridgehead atoms. The van der Waals surface area contributed by atoms with E-state index >= 15 is 0 Å². The van der Waals surface area contributed by atoms with Crippen molar-refractivity contribution in [1.82, 2.24) is 19.7 Å². The molecule has 0 aliphatic carbocycles. The summed E-state index contributed by atoms with van der Waals surface area (Å²) in [5.74, 6) is -1.73. The Morgan fingerprint density at radius 3 is 2.52 bits per heavy atom. The van der Waals surface area contributed by atoms with Crippen molar-refractivity contribution >= 4 is 45.0 Å². The third-order valence-corrected chi connectivity index (χ3v) is 5.01. The van der Waals surface area contributed by atoms with E-state index in [1.54, 1.807) is 17.8 Å². The first-order valence-corrected chi connectivity index (χ1v) is 8.80. The lowest BCUT2D eigenvalue weighted by Crippen LogP contribution is -2.37. The molecule has 3 rings (SSSR count). The maximum Gasteiger partial charge on any atom is 0.280 e. The van der Waals surface area contributed by atoms with Crippen molar-refractivity contribution in [1.29, 1.82) is 0 Å². The summed E-state index contributed by atoms with van der Waals surface area (Å²) in [4.78, 5) is 20.6. The van der Waals surface area contributed by atoms with Crippen molar-refractivity contribution in [2.75, 3.05) is 32.1 Å². The third-order valence-electron chi connectivity index (χ3n) is 3.98. The average Bonchev–Trinajstić information content (AvgIpc) is 3.11. The summed E-state index contributed by atoms with van der Waals surface area (Å²) < 4.78 is 29.4. The zero-order valence-corrected chi connectivity index (χ0v) is 17.0. The summed E-state index contributed by atoms with van der Waals surface area (Å²) in [6.45, 7) is 2.79. The summed E-state index contributed by atoms with van der Waals surface area (Å²) in [6.07, 6.45) is 0. The number of aryl methyl sites for hydroxylation is 2. The lowest BCUT2D eigenvalue weighted by atomic mass is 10.3. The van der Waals surface area contributed by atoms with Gasteiger partial charge in [0.15, 0.2) is 16.6 Å². The van der Waals surface area contributed by atoms with Gasteiger partial charge in [0.25, 0.3) is 5.91 Å². The molecule has 2 heterocycles. The molecule has 3 aromatic rings. The fraction of sp³-hybridized carbons (Fsp3) is 0.353. The fourth-order valence-electron chi connectivity index (χ4n) is 2.45. The summed E-state index contributed by atoms with van der Waals surface area (Å²) in [5.41, 5.74) is 1.19. The van der Waals surface area contributed by atoms with Gasteiger partial charge in [0.2, 0.25) is 0 Å². The van der Waals surface area contributed by atoms with Crippen molar-refractivity contribution in [3.63, 3.8) is 0 Å². The summed E-state index contributed by atoms with van der Waals surface area (Å²) in [6, 6.07) is 3.71. The molecule has 0 unspecified atom stereocenters. The number of thiazole rings is 1. The average molecular weight is 416 g/mol. The minimum atomic E-state index is -0.740. The van der Waals surface area contributed by atoms with E-state index in [2.05, 4.69) is 10.1 Å². The number of carbonyl (C=O) groups is 1. The highest BCUT2D eigenvalue weighted by molar-refractivity contribution is 7.22. The van der Waals surface area contributed by atoms with Crippen molar-refractivity contribution in [3.05, 3.63) is 41.2 Å². The third kappa shape index (κ3) is 4.42. The molecule has 0 fully saturated rings. The van der Waals surface area contributed by atoms with E-state index in [0.717, 1.165) is 23.1 Å². The normalized spacial score (nSPS) is 11.1. The zero-order chi connectivity index (χ0) is 19.0. The number of carbonyl (C=O) groups excluding carboxylic acids is 1. The molecule has 1 amide bonds. The number of amides is 1. The smallest absolute Gasteiger partial charge is 0.280 e. The lowest BCUT2D eigenvalue weighted by molar-refractivity contribution is 0.0979. The van der Waals surface area contributed by atoms with Crippen LogP contribution in [-0.4, -0.2) is 52.8 Å². The minimum absolute atomic E-state index is 0. The van der Waals surface area contributed by atoms with Crippen molar-refractivity contribution < 1.29 is 13.6 Å². The Morgan fingerprint density at radius 2 is 1.93 bits per heavy atom. The standard InChI is InChI=1S/C17H19F2N5OS.ClH/c1-10-7-13(21-23(10)4)16(25)24(6-5-22(2)3)17-20-15-12(19)8-11(18)9-14(15)26-17;/h7-9H,5-6H2,1-4H3;1H. The topological polar surface area (TPSA) is 54.3 Å². The molecule has 0 saturated carbocycles. The first-order chi connectivity index (χ1) is 12.3. The SMILES string of the molecule is Cc1cc(C(=O)N(CCN(C)C)c2nc3c(F)cc(F)cc3s2)nn1C.Cl. The Hall–Kier alpha value is -2.10. The molecule has 0 spiro atoms. The first-order valence-electron chi connectivity index (χ1n) is 7.99. The van der Waals surface area contributed by atoms with Gasteiger partial charge in [0, 0.05) is 31.9 Å². The van der Waals surface area contributed by atoms with Gasteiger partial charge in [-0.15, -0.1) is 12.4 Å². The second kappa shape index (κ2) is 8.28. The van der Waals surface area contributed by atoms with Crippen LogP contribution in [0.4, 0.5) is 13.9 Å². The van der Waals surface area contributed by atoms with Crippen LogP contribution in [0, 0.1) is 18.6 Å². The van der Waals surface area contributed by atoms with Crippen molar-refractivity contribution in [2.45, 2.75) is 6.92 Å². The van der Waals surface area contributed by atoms with Gasteiger partial charge in [-0.3, -0.25) is 14.4 Å². The largest absolute Gasteiger partial charge is 0.308 e. The quantitative estimate of drug-likeness (QED) is 0.642. The number of aromatic nitrogens is 3. The maximum absolute atomic E-state index is 14.0. The van der Waals surface area contributed by atoms with Crippen LogP contribution >= 0.6 is 23.7 Å². The van der Waals surface area contributed by atoms with E-state index in [1.807, 2.05) is 25.9 Å². The molecule has 2 aromatic heterocycles. The summed E-state index contributed by atoms with van der Waals surface area (Å²) in [5, 5.41) is 4.54. The molecule has 0 saturated heterocycles. The monoisotopic (exact) mass is 415 g/mol. The number of hydrogen-bond acceptors (Lipinski definition) is 5. The van der Waals surface area contributed by atoms with Crippen molar-refractivity contribution in [3.8, 4) is 0 Å². The minimum Gasteiger partial charge on any atom is -0.308 e. The number of benzene rings is 1. The second-order valence-electron chi connectivity index (χ2n) is 6.29.